The molecule has 1 N–H and O–H groups in total. The van der Waals surface area contributed by atoms with E-state index in [-0.39, 0.29) is 11.3 Å². The largest absolute Gasteiger partial charge is 0.494 e. The second kappa shape index (κ2) is 8.58. The lowest BCUT2D eigenvalue weighted by Crippen LogP contribution is -2.17. The van der Waals surface area contributed by atoms with Gasteiger partial charge in [0.25, 0.3) is 11.6 Å². The van der Waals surface area contributed by atoms with Crippen LogP contribution in [0.15, 0.2) is 47.6 Å². The molecule has 0 saturated carbocycles. The van der Waals surface area contributed by atoms with Gasteiger partial charge in [-0.2, -0.15) is 5.10 Å². The van der Waals surface area contributed by atoms with Crippen molar-refractivity contribution in [3.05, 3.63) is 69.3 Å². The molecule has 0 atom stereocenters. The fraction of sp³-hybridized carbons (Fsp3) is 0.222. The highest BCUT2D eigenvalue weighted by Gasteiger charge is 2.14. The number of hydrogen-bond donors (Lipinski definition) is 1. The summed E-state index contributed by atoms with van der Waals surface area (Å²) in [5.41, 5.74) is 3.73. The summed E-state index contributed by atoms with van der Waals surface area (Å²) in [6.07, 6.45) is 2.43. The number of rotatable bonds is 7. The van der Waals surface area contributed by atoms with Crippen molar-refractivity contribution in [3.63, 3.8) is 0 Å². The van der Waals surface area contributed by atoms with Crippen LogP contribution < -0.4 is 10.2 Å². The minimum Gasteiger partial charge on any atom is -0.494 e. The molecule has 0 heterocycles. The topological polar surface area (TPSA) is 93.8 Å². The molecule has 0 bridgehead atoms. The summed E-state index contributed by atoms with van der Waals surface area (Å²) in [5, 5.41) is 14.8. The lowest BCUT2D eigenvalue weighted by Gasteiger charge is -2.04. The van der Waals surface area contributed by atoms with Crippen LogP contribution in [0.1, 0.15) is 34.8 Å². The molecular formula is C18H19N3O4. The maximum Gasteiger partial charge on any atom is 0.273 e. The average Bonchev–Trinajstić information content (AvgIpc) is 2.61. The predicted octanol–water partition coefficient (Wildman–Crippen LogP) is 3.46. The number of ether oxygens (including phenoxy) is 1. The maximum atomic E-state index is 12.0. The Labute approximate surface area is 145 Å². The summed E-state index contributed by atoms with van der Waals surface area (Å²) in [5.74, 6) is 0.261. The molecule has 0 aliphatic heterocycles. The number of nitro groups is 1. The van der Waals surface area contributed by atoms with Crippen molar-refractivity contribution in [3.8, 4) is 5.75 Å². The molecule has 7 nitrogen and oxygen atoms in total. The van der Waals surface area contributed by atoms with Gasteiger partial charge in [-0.3, -0.25) is 14.9 Å². The molecule has 0 aromatic heterocycles. The van der Waals surface area contributed by atoms with Gasteiger partial charge in [-0.15, -0.1) is 0 Å². The fourth-order valence-corrected chi connectivity index (χ4v) is 2.05. The van der Waals surface area contributed by atoms with Gasteiger partial charge >= 0.3 is 0 Å². The normalized spacial score (nSPS) is 10.6. The van der Waals surface area contributed by atoms with E-state index in [2.05, 4.69) is 10.5 Å². The molecular weight excluding hydrogens is 322 g/mol. The zero-order chi connectivity index (χ0) is 18.2. The second-order valence-corrected chi connectivity index (χ2v) is 5.37. The fourth-order valence-electron chi connectivity index (χ4n) is 2.05. The molecule has 2 aromatic carbocycles. The quantitative estimate of drug-likeness (QED) is 0.474. The number of hydrogen-bond acceptors (Lipinski definition) is 5. The smallest absolute Gasteiger partial charge is 0.273 e. The molecule has 130 valence electrons. The molecule has 7 heteroatoms. The van der Waals surface area contributed by atoms with E-state index in [1.807, 2.05) is 31.2 Å². The van der Waals surface area contributed by atoms with Crippen molar-refractivity contribution in [2.75, 3.05) is 6.61 Å². The third kappa shape index (κ3) is 5.13. The lowest BCUT2D eigenvalue weighted by molar-refractivity contribution is -0.385. The number of nitro benzene ring substituents is 1. The summed E-state index contributed by atoms with van der Waals surface area (Å²) in [7, 11) is 0. The first-order valence-electron chi connectivity index (χ1n) is 7.82. The number of hydrazone groups is 1. The Hall–Kier alpha value is -3.22. The number of aryl methyl sites for hydroxylation is 1. The van der Waals surface area contributed by atoms with Crippen molar-refractivity contribution in [2.45, 2.75) is 20.3 Å². The van der Waals surface area contributed by atoms with Gasteiger partial charge in [0.05, 0.1) is 17.7 Å². The number of amides is 1. The minimum absolute atomic E-state index is 0.0979. The first-order chi connectivity index (χ1) is 12.0. The Morgan fingerprint density at radius 3 is 2.64 bits per heavy atom. The van der Waals surface area contributed by atoms with E-state index in [1.165, 1.54) is 24.4 Å². The SMILES string of the molecule is CCCOc1ccc(/C=N/NC(=O)c2ccc(C)c([N+](=O)[O-])c2)cc1. The van der Waals surface area contributed by atoms with E-state index in [9.17, 15) is 14.9 Å². The van der Waals surface area contributed by atoms with Crippen LogP contribution in [-0.4, -0.2) is 23.7 Å². The van der Waals surface area contributed by atoms with Gasteiger partial charge < -0.3 is 4.74 Å². The van der Waals surface area contributed by atoms with E-state index in [0.717, 1.165) is 17.7 Å². The number of carbonyl (C=O) groups is 1. The number of carbonyl (C=O) groups excluding carboxylic acids is 1. The lowest BCUT2D eigenvalue weighted by atomic mass is 10.1. The Bertz CT molecular complexity index is 785. The van der Waals surface area contributed by atoms with Crippen molar-refractivity contribution in [2.24, 2.45) is 5.10 Å². The van der Waals surface area contributed by atoms with Crippen molar-refractivity contribution < 1.29 is 14.5 Å². The minimum atomic E-state index is -0.516. The standard InChI is InChI=1S/C18H19N3O4/c1-3-10-25-16-8-5-14(6-9-16)12-19-20-18(22)15-7-4-13(2)17(11-15)21(23)24/h4-9,11-12H,3,10H2,1-2H3,(H,20,22)/b19-12+. The molecule has 0 unspecified atom stereocenters. The molecule has 2 aromatic rings. The summed E-state index contributed by atoms with van der Waals surface area (Å²) < 4.78 is 5.48. The van der Waals surface area contributed by atoms with Crippen LogP contribution >= 0.6 is 0 Å². The maximum absolute atomic E-state index is 12.0. The highest BCUT2D eigenvalue weighted by Crippen LogP contribution is 2.19. The van der Waals surface area contributed by atoms with Crippen molar-refractivity contribution >= 4 is 17.8 Å². The third-order valence-corrected chi connectivity index (χ3v) is 3.40. The Kier molecular flexibility index (Phi) is 6.22. The molecule has 0 fully saturated rings. The van der Waals surface area contributed by atoms with E-state index in [0.29, 0.717) is 12.2 Å². The van der Waals surface area contributed by atoms with Crippen LogP contribution in [0, 0.1) is 17.0 Å². The first-order valence-corrected chi connectivity index (χ1v) is 7.82. The summed E-state index contributed by atoms with van der Waals surface area (Å²) in [6.45, 7) is 4.31. The number of benzene rings is 2. The molecule has 0 radical (unpaired) electrons. The van der Waals surface area contributed by atoms with Crippen LogP contribution in [0.3, 0.4) is 0 Å². The summed E-state index contributed by atoms with van der Waals surface area (Å²) in [4.78, 5) is 22.4. The zero-order valence-electron chi connectivity index (χ0n) is 14.1. The molecule has 1 amide bonds. The Morgan fingerprint density at radius 2 is 2.00 bits per heavy atom. The highest BCUT2D eigenvalue weighted by molar-refractivity contribution is 5.95. The van der Waals surface area contributed by atoms with Gasteiger partial charge in [-0.05, 0) is 49.2 Å². The Morgan fingerprint density at radius 1 is 1.28 bits per heavy atom. The zero-order valence-corrected chi connectivity index (χ0v) is 14.1. The number of nitrogens with zero attached hydrogens (tertiary/aromatic N) is 2. The van der Waals surface area contributed by atoms with E-state index in [1.54, 1.807) is 6.92 Å². The predicted molar refractivity (Wildman–Crippen MR) is 95.1 cm³/mol. The van der Waals surface area contributed by atoms with Crippen LogP contribution in [0.5, 0.6) is 5.75 Å². The summed E-state index contributed by atoms with van der Waals surface area (Å²) in [6, 6.07) is 11.6. The Balaban J connectivity index is 1.98. The monoisotopic (exact) mass is 341 g/mol. The second-order valence-electron chi connectivity index (χ2n) is 5.37. The van der Waals surface area contributed by atoms with Crippen LogP contribution in [0.2, 0.25) is 0 Å². The molecule has 0 saturated heterocycles. The van der Waals surface area contributed by atoms with Crippen molar-refractivity contribution in [1.29, 1.82) is 0 Å². The van der Waals surface area contributed by atoms with Crippen molar-refractivity contribution in [1.82, 2.24) is 5.43 Å². The van der Waals surface area contributed by atoms with Gasteiger partial charge in [0.15, 0.2) is 0 Å². The van der Waals surface area contributed by atoms with E-state index < -0.39 is 10.8 Å². The van der Waals surface area contributed by atoms with Gasteiger partial charge in [0.1, 0.15) is 5.75 Å². The van der Waals surface area contributed by atoms with E-state index >= 15 is 0 Å². The van der Waals surface area contributed by atoms with Crippen LogP contribution in [0.4, 0.5) is 5.69 Å². The molecule has 0 aliphatic carbocycles. The molecule has 0 spiro atoms. The number of nitrogens with one attached hydrogen (secondary N) is 1. The van der Waals surface area contributed by atoms with Gasteiger partial charge in [0, 0.05) is 17.2 Å². The molecule has 0 aliphatic rings. The van der Waals surface area contributed by atoms with Crippen LogP contribution in [-0.2, 0) is 0 Å². The summed E-state index contributed by atoms with van der Waals surface area (Å²) >= 11 is 0. The highest BCUT2D eigenvalue weighted by atomic mass is 16.6. The van der Waals surface area contributed by atoms with Gasteiger partial charge in [0.2, 0.25) is 0 Å². The molecule has 25 heavy (non-hydrogen) atoms. The average molecular weight is 341 g/mol. The molecule has 2 rings (SSSR count). The third-order valence-electron chi connectivity index (χ3n) is 3.40. The van der Waals surface area contributed by atoms with Gasteiger partial charge in [-0.1, -0.05) is 13.0 Å². The first kappa shape index (κ1) is 18.1. The van der Waals surface area contributed by atoms with E-state index in [4.69, 9.17) is 4.74 Å². The van der Waals surface area contributed by atoms with Gasteiger partial charge in [-0.25, -0.2) is 5.43 Å². The van der Waals surface area contributed by atoms with Crippen LogP contribution in [0.25, 0.3) is 0 Å².